The first kappa shape index (κ1) is 14.7. The van der Waals surface area contributed by atoms with Crippen molar-refractivity contribution in [3.05, 3.63) is 24.3 Å². The summed E-state index contributed by atoms with van der Waals surface area (Å²) in [6.45, 7) is 2.12. The Morgan fingerprint density at radius 1 is 1.23 bits per heavy atom. The van der Waals surface area contributed by atoms with Crippen molar-refractivity contribution in [1.29, 1.82) is 0 Å². The van der Waals surface area contributed by atoms with Crippen molar-refractivity contribution in [1.82, 2.24) is 10.1 Å². The van der Waals surface area contributed by atoms with Gasteiger partial charge in [0, 0.05) is 24.7 Å². The third-order valence-corrected chi connectivity index (χ3v) is 3.94. The second-order valence-electron chi connectivity index (χ2n) is 5.60. The third-order valence-electron chi connectivity index (χ3n) is 3.94. The molecule has 1 aliphatic rings. The Balaban J connectivity index is 1.77. The van der Waals surface area contributed by atoms with E-state index in [0.29, 0.717) is 17.3 Å². The summed E-state index contributed by atoms with van der Waals surface area (Å²) in [4.78, 5) is 2.31. The lowest BCUT2D eigenvalue weighted by Crippen LogP contribution is -2.35. The number of benzene rings is 1. The zero-order chi connectivity index (χ0) is 15.5. The van der Waals surface area contributed by atoms with E-state index in [2.05, 4.69) is 17.1 Å². The van der Waals surface area contributed by atoms with Gasteiger partial charge in [0.1, 0.15) is 6.10 Å². The monoisotopic (exact) mass is 303 g/mol. The Labute approximate surface area is 129 Å². The summed E-state index contributed by atoms with van der Waals surface area (Å²) in [5.41, 5.74) is 6.44. The van der Waals surface area contributed by atoms with E-state index in [0.717, 1.165) is 37.2 Å². The molecule has 2 heterocycles. The second-order valence-corrected chi connectivity index (χ2v) is 5.60. The molecular formula is C16H21N3O3. The Kier molecular flexibility index (Phi) is 4.20. The van der Waals surface area contributed by atoms with Gasteiger partial charge in [-0.1, -0.05) is 5.16 Å². The van der Waals surface area contributed by atoms with Gasteiger partial charge in [-0.3, -0.25) is 0 Å². The molecular weight excluding hydrogens is 282 g/mol. The SMILES string of the molecule is COc1cc(-c2cc(N)no2)ccc1OC1CCN(C)CC1. The van der Waals surface area contributed by atoms with Gasteiger partial charge >= 0.3 is 0 Å². The lowest BCUT2D eigenvalue weighted by atomic mass is 10.1. The Bertz CT molecular complexity index is 633. The van der Waals surface area contributed by atoms with Crippen LogP contribution in [0.2, 0.25) is 0 Å². The number of rotatable bonds is 4. The van der Waals surface area contributed by atoms with Crippen LogP contribution >= 0.6 is 0 Å². The fourth-order valence-electron chi connectivity index (χ4n) is 2.63. The van der Waals surface area contributed by atoms with Crippen LogP contribution in [0.5, 0.6) is 11.5 Å². The summed E-state index contributed by atoms with van der Waals surface area (Å²) in [6.07, 6.45) is 2.29. The van der Waals surface area contributed by atoms with Crippen molar-refractivity contribution in [2.24, 2.45) is 0 Å². The van der Waals surface area contributed by atoms with E-state index in [1.165, 1.54) is 0 Å². The number of aromatic nitrogens is 1. The van der Waals surface area contributed by atoms with Gasteiger partial charge < -0.3 is 24.6 Å². The number of methoxy groups -OCH3 is 1. The van der Waals surface area contributed by atoms with Crippen LogP contribution in [0.4, 0.5) is 5.82 Å². The molecule has 6 heteroatoms. The normalized spacial score (nSPS) is 16.6. The highest BCUT2D eigenvalue weighted by atomic mass is 16.5. The van der Waals surface area contributed by atoms with Crippen LogP contribution in [0.1, 0.15) is 12.8 Å². The number of hydrogen-bond acceptors (Lipinski definition) is 6. The minimum absolute atomic E-state index is 0.233. The van der Waals surface area contributed by atoms with E-state index in [1.54, 1.807) is 13.2 Å². The molecule has 1 fully saturated rings. The van der Waals surface area contributed by atoms with Gasteiger partial charge in [0.15, 0.2) is 23.1 Å². The molecule has 3 rings (SSSR count). The van der Waals surface area contributed by atoms with E-state index in [1.807, 2.05) is 18.2 Å². The van der Waals surface area contributed by atoms with Crippen molar-refractivity contribution in [2.45, 2.75) is 18.9 Å². The van der Waals surface area contributed by atoms with Gasteiger partial charge in [0.25, 0.3) is 0 Å². The van der Waals surface area contributed by atoms with Crippen molar-refractivity contribution in [2.75, 3.05) is 33.0 Å². The van der Waals surface area contributed by atoms with Crippen molar-refractivity contribution >= 4 is 5.82 Å². The number of piperidine rings is 1. The fraction of sp³-hybridized carbons (Fsp3) is 0.438. The molecule has 0 unspecified atom stereocenters. The van der Waals surface area contributed by atoms with Crippen LogP contribution in [0, 0.1) is 0 Å². The first-order valence-corrected chi connectivity index (χ1v) is 7.41. The number of likely N-dealkylation sites (tertiary alicyclic amines) is 1. The van der Waals surface area contributed by atoms with E-state index in [-0.39, 0.29) is 6.10 Å². The quantitative estimate of drug-likeness (QED) is 0.935. The molecule has 0 radical (unpaired) electrons. The molecule has 0 aliphatic carbocycles. The van der Waals surface area contributed by atoms with E-state index in [4.69, 9.17) is 19.7 Å². The molecule has 0 bridgehead atoms. The Morgan fingerprint density at radius 2 is 2.00 bits per heavy atom. The molecule has 2 aromatic rings. The molecule has 6 nitrogen and oxygen atoms in total. The number of ether oxygens (including phenoxy) is 2. The first-order chi connectivity index (χ1) is 10.7. The van der Waals surface area contributed by atoms with Crippen LogP contribution in [0.3, 0.4) is 0 Å². The molecule has 1 aromatic heterocycles. The Hall–Kier alpha value is -2.21. The predicted octanol–water partition coefficient (Wildman–Crippen LogP) is 2.41. The van der Waals surface area contributed by atoms with Gasteiger partial charge in [0.2, 0.25) is 0 Å². The zero-order valence-electron chi connectivity index (χ0n) is 12.9. The molecule has 0 amide bonds. The van der Waals surface area contributed by atoms with Gasteiger partial charge in [0.05, 0.1) is 7.11 Å². The molecule has 1 aliphatic heterocycles. The molecule has 0 spiro atoms. The Morgan fingerprint density at radius 3 is 2.64 bits per heavy atom. The van der Waals surface area contributed by atoms with Crippen LogP contribution in [-0.2, 0) is 0 Å². The summed E-state index contributed by atoms with van der Waals surface area (Å²) in [5.74, 6) is 2.42. The first-order valence-electron chi connectivity index (χ1n) is 7.41. The van der Waals surface area contributed by atoms with Crippen LogP contribution in [0.25, 0.3) is 11.3 Å². The van der Waals surface area contributed by atoms with Gasteiger partial charge in [-0.15, -0.1) is 0 Å². The fourth-order valence-corrected chi connectivity index (χ4v) is 2.63. The number of nitrogens with two attached hydrogens (primary N) is 1. The summed E-state index contributed by atoms with van der Waals surface area (Å²) >= 11 is 0. The average molecular weight is 303 g/mol. The standard InChI is InChI=1S/C16H21N3O3/c1-19-7-5-12(6-8-19)21-13-4-3-11(9-15(13)20-2)14-10-16(17)18-22-14/h3-4,9-10,12H,5-8H2,1-2H3,(H2,17,18). The number of nitrogen functional groups attached to an aromatic ring is 1. The number of anilines is 1. The maximum atomic E-state index is 6.10. The minimum Gasteiger partial charge on any atom is -0.493 e. The highest BCUT2D eigenvalue weighted by Gasteiger charge is 2.20. The van der Waals surface area contributed by atoms with Gasteiger partial charge in [-0.25, -0.2) is 0 Å². The second kappa shape index (κ2) is 6.27. The molecule has 1 aromatic carbocycles. The summed E-state index contributed by atoms with van der Waals surface area (Å²) in [7, 11) is 3.77. The maximum absolute atomic E-state index is 6.10. The maximum Gasteiger partial charge on any atom is 0.169 e. The van der Waals surface area contributed by atoms with Gasteiger partial charge in [-0.2, -0.15) is 0 Å². The van der Waals surface area contributed by atoms with E-state index < -0.39 is 0 Å². The van der Waals surface area contributed by atoms with E-state index in [9.17, 15) is 0 Å². The van der Waals surface area contributed by atoms with Crippen LogP contribution in [-0.4, -0.2) is 43.4 Å². The summed E-state index contributed by atoms with van der Waals surface area (Å²) < 4.78 is 16.7. The molecule has 0 atom stereocenters. The molecule has 22 heavy (non-hydrogen) atoms. The molecule has 0 saturated carbocycles. The molecule has 118 valence electrons. The van der Waals surface area contributed by atoms with Crippen molar-refractivity contribution in [3.63, 3.8) is 0 Å². The summed E-state index contributed by atoms with van der Waals surface area (Å²) in [5, 5.41) is 3.70. The topological polar surface area (TPSA) is 73.8 Å². The lowest BCUT2D eigenvalue weighted by Gasteiger charge is -2.29. The van der Waals surface area contributed by atoms with Crippen LogP contribution in [0.15, 0.2) is 28.8 Å². The van der Waals surface area contributed by atoms with Crippen molar-refractivity contribution < 1.29 is 14.0 Å². The molecule has 1 saturated heterocycles. The van der Waals surface area contributed by atoms with Crippen LogP contribution < -0.4 is 15.2 Å². The highest BCUT2D eigenvalue weighted by molar-refractivity contribution is 5.64. The predicted molar refractivity (Wildman–Crippen MR) is 84.1 cm³/mol. The zero-order valence-corrected chi connectivity index (χ0v) is 12.9. The highest BCUT2D eigenvalue weighted by Crippen LogP contribution is 2.34. The minimum atomic E-state index is 0.233. The van der Waals surface area contributed by atoms with Gasteiger partial charge in [-0.05, 0) is 38.1 Å². The number of nitrogens with zero attached hydrogens (tertiary/aromatic N) is 2. The lowest BCUT2D eigenvalue weighted by molar-refractivity contribution is 0.111. The van der Waals surface area contributed by atoms with E-state index >= 15 is 0 Å². The smallest absolute Gasteiger partial charge is 0.169 e. The third kappa shape index (κ3) is 3.17. The average Bonchev–Trinajstić information content (AvgIpc) is 2.96. The largest absolute Gasteiger partial charge is 0.493 e. The number of hydrogen-bond donors (Lipinski definition) is 1. The van der Waals surface area contributed by atoms with Crippen molar-refractivity contribution in [3.8, 4) is 22.8 Å². The summed E-state index contributed by atoms with van der Waals surface area (Å²) in [6, 6.07) is 7.40. The molecule has 2 N–H and O–H groups in total.